The second-order valence-corrected chi connectivity index (χ2v) is 3.73. The van der Waals surface area contributed by atoms with Crippen molar-refractivity contribution < 1.29 is 9.53 Å². The van der Waals surface area contributed by atoms with Crippen molar-refractivity contribution in [3.05, 3.63) is 0 Å². The molecule has 0 aliphatic carbocycles. The first-order valence-corrected chi connectivity index (χ1v) is 5.04. The summed E-state index contributed by atoms with van der Waals surface area (Å²) in [6, 6.07) is -0.311. The average Bonchev–Trinajstić information content (AvgIpc) is 2.18. The molecule has 0 aromatic rings. The Morgan fingerprint density at radius 2 is 2.14 bits per heavy atom. The van der Waals surface area contributed by atoms with E-state index in [2.05, 4.69) is 18.6 Å². The molecule has 0 heterocycles. The van der Waals surface area contributed by atoms with Crippen LogP contribution < -0.4 is 5.73 Å². The molecule has 0 radical (unpaired) electrons. The molecular weight excluding hydrogens is 180 g/mol. The summed E-state index contributed by atoms with van der Waals surface area (Å²) in [4.78, 5) is 13.3. The van der Waals surface area contributed by atoms with E-state index in [1.54, 1.807) is 0 Å². The monoisotopic (exact) mass is 202 g/mol. The van der Waals surface area contributed by atoms with Gasteiger partial charge < -0.3 is 10.5 Å². The van der Waals surface area contributed by atoms with Crippen LogP contribution in [0.2, 0.25) is 0 Å². The summed E-state index contributed by atoms with van der Waals surface area (Å²) < 4.78 is 4.68. The Morgan fingerprint density at radius 1 is 1.57 bits per heavy atom. The minimum Gasteiger partial charge on any atom is -0.468 e. The van der Waals surface area contributed by atoms with Crippen LogP contribution in [0.25, 0.3) is 0 Å². The lowest BCUT2D eigenvalue weighted by Crippen LogP contribution is -2.46. The number of carbonyl (C=O) groups is 1. The molecule has 0 aromatic carbocycles. The van der Waals surface area contributed by atoms with Gasteiger partial charge in [-0.05, 0) is 13.0 Å². The van der Waals surface area contributed by atoms with Gasteiger partial charge in [0, 0.05) is 13.1 Å². The molecule has 0 bridgehead atoms. The third-order valence-corrected chi connectivity index (χ3v) is 2.53. The molecule has 0 aliphatic heterocycles. The average molecular weight is 202 g/mol. The van der Waals surface area contributed by atoms with Gasteiger partial charge in [0.1, 0.15) is 6.04 Å². The zero-order chi connectivity index (χ0) is 11.1. The van der Waals surface area contributed by atoms with Crippen LogP contribution in [0, 0.1) is 5.92 Å². The highest BCUT2D eigenvalue weighted by molar-refractivity contribution is 5.75. The molecule has 0 spiro atoms. The van der Waals surface area contributed by atoms with Crippen LogP contribution in [0.3, 0.4) is 0 Å². The standard InChI is InChI=1S/C10H22N2O2/c1-5-8(2)7-12(3)9(6-11)10(13)14-4/h8-9H,5-7,11H2,1-4H3. The molecule has 2 N–H and O–H groups in total. The second kappa shape index (κ2) is 6.79. The number of hydrogen-bond acceptors (Lipinski definition) is 4. The summed E-state index contributed by atoms with van der Waals surface area (Å²) in [5.74, 6) is 0.317. The van der Waals surface area contributed by atoms with Gasteiger partial charge in [0.15, 0.2) is 0 Å². The third kappa shape index (κ3) is 4.07. The Kier molecular flexibility index (Phi) is 6.49. The van der Waals surface area contributed by atoms with Crippen molar-refractivity contribution in [2.24, 2.45) is 11.7 Å². The second-order valence-electron chi connectivity index (χ2n) is 3.73. The number of ether oxygens (including phenoxy) is 1. The van der Waals surface area contributed by atoms with Crippen molar-refractivity contribution in [2.45, 2.75) is 26.3 Å². The van der Waals surface area contributed by atoms with Crippen molar-refractivity contribution >= 4 is 5.97 Å². The molecule has 84 valence electrons. The van der Waals surface area contributed by atoms with Crippen LogP contribution in [0.4, 0.5) is 0 Å². The van der Waals surface area contributed by atoms with Gasteiger partial charge in [-0.3, -0.25) is 9.69 Å². The van der Waals surface area contributed by atoms with E-state index in [1.807, 2.05) is 11.9 Å². The minimum absolute atomic E-state index is 0.252. The Morgan fingerprint density at radius 3 is 2.50 bits per heavy atom. The molecule has 4 nitrogen and oxygen atoms in total. The van der Waals surface area contributed by atoms with Crippen molar-refractivity contribution in [3.63, 3.8) is 0 Å². The number of hydrogen-bond donors (Lipinski definition) is 1. The van der Waals surface area contributed by atoms with Crippen LogP contribution in [0.1, 0.15) is 20.3 Å². The summed E-state index contributed by atoms with van der Waals surface area (Å²) in [6.07, 6.45) is 1.10. The number of nitrogens with zero attached hydrogens (tertiary/aromatic N) is 1. The van der Waals surface area contributed by atoms with Gasteiger partial charge in [-0.15, -0.1) is 0 Å². The van der Waals surface area contributed by atoms with E-state index in [-0.39, 0.29) is 12.0 Å². The van der Waals surface area contributed by atoms with Gasteiger partial charge in [0.05, 0.1) is 7.11 Å². The molecule has 0 saturated heterocycles. The molecule has 0 amide bonds. The Hall–Kier alpha value is -0.610. The lowest BCUT2D eigenvalue weighted by Gasteiger charge is -2.26. The van der Waals surface area contributed by atoms with Crippen molar-refractivity contribution in [2.75, 3.05) is 27.2 Å². The van der Waals surface area contributed by atoms with Gasteiger partial charge in [-0.2, -0.15) is 0 Å². The van der Waals surface area contributed by atoms with Gasteiger partial charge in [0.2, 0.25) is 0 Å². The lowest BCUT2D eigenvalue weighted by molar-refractivity contribution is -0.146. The van der Waals surface area contributed by atoms with Gasteiger partial charge >= 0.3 is 5.97 Å². The molecule has 0 aromatic heterocycles. The Bertz CT molecular complexity index is 174. The molecule has 4 heteroatoms. The highest BCUT2D eigenvalue weighted by atomic mass is 16.5. The summed E-state index contributed by atoms with van der Waals surface area (Å²) in [5, 5.41) is 0. The van der Waals surface area contributed by atoms with Crippen LogP contribution in [0.5, 0.6) is 0 Å². The third-order valence-electron chi connectivity index (χ3n) is 2.53. The minimum atomic E-state index is -0.311. The highest BCUT2D eigenvalue weighted by Gasteiger charge is 2.22. The summed E-state index contributed by atoms with van der Waals surface area (Å²) in [7, 11) is 3.29. The molecule has 0 aliphatic rings. The summed E-state index contributed by atoms with van der Waals surface area (Å²) >= 11 is 0. The molecule has 0 rings (SSSR count). The van der Waals surface area contributed by atoms with E-state index in [4.69, 9.17) is 5.73 Å². The van der Waals surface area contributed by atoms with Crippen LogP contribution >= 0.6 is 0 Å². The van der Waals surface area contributed by atoms with Gasteiger partial charge in [-0.25, -0.2) is 0 Å². The van der Waals surface area contributed by atoms with E-state index in [0.717, 1.165) is 13.0 Å². The maximum atomic E-state index is 11.3. The fraction of sp³-hybridized carbons (Fsp3) is 0.900. The first-order chi connectivity index (χ1) is 6.56. The largest absolute Gasteiger partial charge is 0.468 e. The van der Waals surface area contributed by atoms with Gasteiger partial charge in [0.25, 0.3) is 0 Å². The topological polar surface area (TPSA) is 55.6 Å². The van der Waals surface area contributed by atoms with Crippen molar-refractivity contribution in [1.29, 1.82) is 0 Å². The van der Waals surface area contributed by atoms with E-state index in [0.29, 0.717) is 12.5 Å². The smallest absolute Gasteiger partial charge is 0.324 e. The van der Waals surface area contributed by atoms with E-state index in [9.17, 15) is 4.79 Å². The van der Waals surface area contributed by atoms with E-state index >= 15 is 0 Å². The normalized spacial score (nSPS) is 15.3. The number of carbonyl (C=O) groups excluding carboxylic acids is 1. The van der Waals surface area contributed by atoms with Crippen LogP contribution in [-0.2, 0) is 9.53 Å². The number of esters is 1. The highest BCUT2D eigenvalue weighted by Crippen LogP contribution is 2.06. The van der Waals surface area contributed by atoms with E-state index < -0.39 is 0 Å². The Labute approximate surface area is 86.4 Å². The predicted molar refractivity (Wildman–Crippen MR) is 56.9 cm³/mol. The number of likely N-dealkylation sites (N-methyl/N-ethyl adjacent to an activating group) is 1. The van der Waals surface area contributed by atoms with Crippen molar-refractivity contribution in [1.82, 2.24) is 4.90 Å². The fourth-order valence-corrected chi connectivity index (χ4v) is 1.34. The van der Waals surface area contributed by atoms with E-state index in [1.165, 1.54) is 7.11 Å². The molecule has 14 heavy (non-hydrogen) atoms. The zero-order valence-electron chi connectivity index (χ0n) is 9.62. The predicted octanol–water partition coefficient (Wildman–Crippen LogP) is 0.465. The molecule has 0 fully saturated rings. The molecule has 0 saturated carbocycles. The number of nitrogens with two attached hydrogens (primary N) is 1. The van der Waals surface area contributed by atoms with Crippen LogP contribution in [-0.4, -0.2) is 44.2 Å². The first-order valence-electron chi connectivity index (χ1n) is 5.04. The first kappa shape index (κ1) is 13.4. The molecule has 2 unspecified atom stereocenters. The Balaban J connectivity index is 4.16. The molecular formula is C10H22N2O2. The van der Waals surface area contributed by atoms with Gasteiger partial charge in [-0.1, -0.05) is 20.3 Å². The fourth-order valence-electron chi connectivity index (χ4n) is 1.34. The maximum absolute atomic E-state index is 11.3. The molecule has 2 atom stereocenters. The quantitative estimate of drug-likeness (QED) is 0.636. The summed E-state index contributed by atoms with van der Waals surface area (Å²) in [5.41, 5.74) is 5.52. The summed E-state index contributed by atoms with van der Waals surface area (Å²) in [6.45, 7) is 5.46. The zero-order valence-corrected chi connectivity index (χ0v) is 9.62. The van der Waals surface area contributed by atoms with Crippen molar-refractivity contribution in [3.8, 4) is 0 Å². The maximum Gasteiger partial charge on any atom is 0.324 e. The lowest BCUT2D eigenvalue weighted by atomic mass is 10.1. The SMILES string of the molecule is CCC(C)CN(C)C(CN)C(=O)OC. The number of rotatable bonds is 6. The van der Waals surface area contributed by atoms with Crippen LogP contribution in [0.15, 0.2) is 0 Å². The number of methoxy groups -OCH3 is 1.